The summed E-state index contributed by atoms with van der Waals surface area (Å²) in [5, 5.41) is 9.71. The third-order valence-corrected chi connectivity index (χ3v) is 6.97. The molecule has 1 amide bonds. The molecule has 0 aliphatic carbocycles. The first kappa shape index (κ1) is 28.4. The smallest absolute Gasteiger partial charge is 0.345 e. The van der Waals surface area contributed by atoms with E-state index >= 15 is 0 Å². The SMILES string of the molecule is CN(CCCn1c(=N)n(CC(=O)c2ccc(Cl)cc2)c2cccc(Cl)c21)C(=O)Cc1cccc(C(F)(F)F)c1. The third kappa shape index (κ3) is 6.54. The summed E-state index contributed by atoms with van der Waals surface area (Å²) in [4.78, 5) is 27.0. The van der Waals surface area contributed by atoms with Crippen LogP contribution in [-0.4, -0.2) is 39.3 Å². The molecular weight excluding hydrogens is 552 g/mol. The van der Waals surface area contributed by atoms with Gasteiger partial charge in [-0.15, -0.1) is 0 Å². The fraction of sp³-hybridized carbons (Fsp3) is 0.250. The van der Waals surface area contributed by atoms with Crippen LogP contribution in [0.4, 0.5) is 13.2 Å². The number of nitrogens with zero attached hydrogens (tertiary/aromatic N) is 3. The second kappa shape index (κ2) is 11.7. The Kier molecular flexibility index (Phi) is 8.51. The fourth-order valence-electron chi connectivity index (χ4n) is 4.36. The Hall–Kier alpha value is -3.56. The van der Waals surface area contributed by atoms with Crippen LogP contribution < -0.4 is 5.62 Å². The Bertz CT molecular complexity index is 1580. The van der Waals surface area contributed by atoms with Gasteiger partial charge in [-0.2, -0.15) is 13.2 Å². The Morgan fingerprint density at radius 2 is 1.67 bits per heavy atom. The lowest BCUT2D eigenvalue weighted by molar-refractivity contribution is -0.137. The topological polar surface area (TPSA) is 71.1 Å². The van der Waals surface area contributed by atoms with Crippen LogP contribution in [0.15, 0.2) is 66.7 Å². The van der Waals surface area contributed by atoms with E-state index in [0.29, 0.717) is 46.2 Å². The molecule has 0 spiro atoms. The number of imidazole rings is 1. The van der Waals surface area contributed by atoms with E-state index in [9.17, 15) is 22.8 Å². The van der Waals surface area contributed by atoms with E-state index in [1.165, 1.54) is 17.0 Å². The Balaban J connectivity index is 1.47. The maximum atomic E-state index is 13.0. The number of ketones is 1. The summed E-state index contributed by atoms with van der Waals surface area (Å²) in [7, 11) is 1.59. The zero-order valence-electron chi connectivity index (χ0n) is 20.9. The molecule has 0 unspecified atom stereocenters. The lowest BCUT2D eigenvalue weighted by Crippen LogP contribution is -2.31. The molecule has 0 atom stereocenters. The molecule has 0 saturated heterocycles. The minimum absolute atomic E-state index is 0.0698. The molecule has 4 rings (SSSR count). The highest BCUT2D eigenvalue weighted by molar-refractivity contribution is 6.35. The zero-order valence-corrected chi connectivity index (χ0v) is 22.4. The predicted molar refractivity (Wildman–Crippen MR) is 144 cm³/mol. The molecule has 11 heteroatoms. The summed E-state index contributed by atoms with van der Waals surface area (Å²) >= 11 is 12.4. The first-order valence-corrected chi connectivity index (χ1v) is 12.8. The summed E-state index contributed by atoms with van der Waals surface area (Å²) in [5.41, 5.74) is 1.27. The highest BCUT2D eigenvalue weighted by Gasteiger charge is 2.30. The molecule has 0 fully saturated rings. The van der Waals surface area contributed by atoms with Gasteiger partial charge < -0.3 is 14.0 Å². The van der Waals surface area contributed by atoms with Crippen molar-refractivity contribution in [2.75, 3.05) is 13.6 Å². The highest BCUT2D eigenvalue weighted by Crippen LogP contribution is 2.29. The van der Waals surface area contributed by atoms with Crippen molar-refractivity contribution in [3.63, 3.8) is 0 Å². The Labute approximate surface area is 232 Å². The number of hydrogen-bond donors (Lipinski definition) is 1. The molecule has 39 heavy (non-hydrogen) atoms. The maximum absolute atomic E-state index is 13.0. The van der Waals surface area contributed by atoms with Gasteiger partial charge in [0.25, 0.3) is 0 Å². The molecule has 6 nitrogen and oxygen atoms in total. The minimum Gasteiger partial charge on any atom is -0.345 e. The molecule has 1 aromatic heterocycles. The number of halogens is 5. The lowest BCUT2D eigenvalue weighted by atomic mass is 10.1. The van der Waals surface area contributed by atoms with Gasteiger partial charge in [0.1, 0.15) is 0 Å². The number of benzene rings is 3. The average molecular weight is 577 g/mol. The molecule has 204 valence electrons. The number of para-hydroxylation sites is 1. The molecule has 1 heterocycles. The van der Waals surface area contributed by atoms with Crippen LogP contribution in [0.1, 0.15) is 27.9 Å². The number of rotatable bonds is 9. The Morgan fingerprint density at radius 1 is 0.974 bits per heavy atom. The van der Waals surface area contributed by atoms with Crippen molar-refractivity contribution in [3.8, 4) is 0 Å². The van der Waals surface area contributed by atoms with E-state index in [4.69, 9.17) is 28.6 Å². The monoisotopic (exact) mass is 576 g/mol. The number of alkyl halides is 3. The quantitative estimate of drug-likeness (QED) is 0.240. The molecule has 4 aromatic rings. The predicted octanol–water partition coefficient (Wildman–Crippen LogP) is 6.22. The first-order chi connectivity index (χ1) is 18.5. The van der Waals surface area contributed by atoms with Gasteiger partial charge in [0.15, 0.2) is 5.78 Å². The summed E-state index contributed by atoms with van der Waals surface area (Å²) in [6, 6.07) is 16.5. The number of aromatic nitrogens is 2. The summed E-state index contributed by atoms with van der Waals surface area (Å²) in [6.07, 6.45) is -4.18. The molecule has 1 N–H and O–H groups in total. The number of nitrogens with one attached hydrogen (secondary N) is 1. The van der Waals surface area contributed by atoms with Crippen LogP contribution in [0.2, 0.25) is 10.0 Å². The number of Topliss-reactive ketones (excluding diaryl/α,β-unsaturated/α-hetero) is 1. The Morgan fingerprint density at radius 3 is 2.36 bits per heavy atom. The van der Waals surface area contributed by atoms with Crippen LogP contribution in [-0.2, 0) is 30.5 Å². The summed E-state index contributed by atoms with van der Waals surface area (Å²) in [6.45, 7) is 0.577. The van der Waals surface area contributed by atoms with Gasteiger partial charge in [-0.1, -0.05) is 47.5 Å². The highest BCUT2D eigenvalue weighted by atomic mass is 35.5. The van der Waals surface area contributed by atoms with Crippen molar-refractivity contribution in [2.45, 2.75) is 32.1 Å². The van der Waals surface area contributed by atoms with E-state index in [1.54, 1.807) is 58.6 Å². The van der Waals surface area contributed by atoms with E-state index in [-0.39, 0.29) is 35.8 Å². The van der Waals surface area contributed by atoms with Gasteiger partial charge in [0.2, 0.25) is 11.5 Å². The van der Waals surface area contributed by atoms with Gasteiger partial charge >= 0.3 is 6.18 Å². The van der Waals surface area contributed by atoms with Crippen LogP contribution in [0, 0.1) is 5.41 Å². The van der Waals surface area contributed by atoms with E-state index in [2.05, 4.69) is 0 Å². The molecule has 3 aromatic carbocycles. The fourth-order valence-corrected chi connectivity index (χ4v) is 4.76. The van der Waals surface area contributed by atoms with Gasteiger partial charge in [0.05, 0.1) is 34.6 Å². The van der Waals surface area contributed by atoms with Crippen LogP contribution in [0.25, 0.3) is 11.0 Å². The summed E-state index contributed by atoms with van der Waals surface area (Å²) in [5.74, 6) is -0.511. The van der Waals surface area contributed by atoms with Crippen LogP contribution >= 0.6 is 23.2 Å². The van der Waals surface area contributed by atoms with Crippen molar-refractivity contribution in [3.05, 3.63) is 99.1 Å². The second-order valence-corrected chi connectivity index (χ2v) is 9.99. The second-order valence-electron chi connectivity index (χ2n) is 9.14. The number of fused-ring (bicyclic) bond motifs is 1. The normalized spacial score (nSPS) is 11.6. The van der Waals surface area contributed by atoms with Crippen molar-refractivity contribution >= 4 is 45.9 Å². The zero-order chi connectivity index (χ0) is 28.3. The largest absolute Gasteiger partial charge is 0.416 e. The van der Waals surface area contributed by atoms with Crippen molar-refractivity contribution < 1.29 is 22.8 Å². The number of amides is 1. The average Bonchev–Trinajstić information content (AvgIpc) is 3.15. The number of carbonyl (C=O) groups is 2. The van der Waals surface area contributed by atoms with Gasteiger partial charge in [0, 0.05) is 30.7 Å². The lowest BCUT2D eigenvalue weighted by Gasteiger charge is -2.18. The van der Waals surface area contributed by atoms with Crippen LogP contribution in [0.5, 0.6) is 0 Å². The first-order valence-electron chi connectivity index (χ1n) is 12.1. The van der Waals surface area contributed by atoms with Gasteiger partial charge in [-0.05, 0) is 54.4 Å². The van der Waals surface area contributed by atoms with Crippen molar-refractivity contribution in [1.29, 1.82) is 5.41 Å². The number of hydrogen-bond acceptors (Lipinski definition) is 3. The molecular formula is C28H25Cl2F3N4O2. The van der Waals surface area contributed by atoms with E-state index < -0.39 is 11.7 Å². The number of carbonyl (C=O) groups excluding carboxylic acids is 2. The molecule has 0 radical (unpaired) electrons. The minimum atomic E-state index is -4.48. The number of likely N-dealkylation sites (N-methyl/N-ethyl adjacent to an activating group) is 1. The molecule has 0 aliphatic rings. The van der Waals surface area contributed by atoms with Crippen molar-refractivity contribution in [1.82, 2.24) is 14.0 Å². The van der Waals surface area contributed by atoms with Crippen molar-refractivity contribution in [2.24, 2.45) is 0 Å². The van der Waals surface area contributed by atoms with Gasteiger partial charge in [-0.25, -0.2) is 0 Å². The summed E-state index contributed by atoms with van der Waals surface area (Å²) < 4.78 is 42.2. The molecule has 0 saturated carbocycles. The van der Waals surface area contributed by atoms with Gasteiger partial charge in [-0.3, -0.25) is 15.0 Å². The van der Waals surface area contributed by atoms with E-state index in [0.717, 1.165) is 12.1 Å². The maximum Gasteiger partial charge on any atom is 0.416 e. The number of aryl methyl sites for hydroxylation is 1. The standard InChI is InChI=1S/C28H25Cl2F3N4O2/c1-35(25(39)16-18-5-2-6-20(15-18)28(31,32)33)13-4-14-36-26-22(30)7-3-8-23(26)37(27(36)34)17-24(38)19-9-11-21(29)12-10-19/h2-3,5-12,15,34H,4,13-14,16-17H2,1H3. The third-order valence-electron chi connectivity index (χ3n) is 6.42. The van der Waals surface area contributed by atoms with E-state index in [1.807, 2.05) is 0 Å². The van der Waals surface area contributed by atoms with Crippen LogP contribution in [0.3, 0.4) is 0 Å². The molecule has 0 bridgehead atoms. The molecule has 0 aliphatic heterocycles.